The van der Waals surface area contributed by atoms with Crippen molar-refractivity contribution in [2.45, 2.75) is 18.9 Å². The van der Waals surface area contributed by atoms with Gasteiger partial charge in [-0.2, -0.15) is 0 Å². The Hall–Kier alpha value is -2.96. The number of nitrogens with one attached hydrogen (secondary N) is 1. The molecule has 0 unspecified atom stereocenters. The first-order valence-electron chi connectivity index (χ1n) is 9.33. The standard InChI is InChI=1S/C20H21N3O4/c24-19-3-1-2-16-14-8-13(11-23(16)19)10-22(12-14)20(25)21-15-4-5-17-18(9-15)27-7-6-26-17/h1-5,9,13-14H,6-8,10-12H2,(H,21,25)/t13-,14-/m0/s1. The lowest BCUT2D eigenvalue weighted by atomic mass is 9.83. The largest absolute Gasteiger partial charge is 0.486 e. The van der Waals surface area contributed by atoms with E-state index in [4.69, 9.17) is 9.47 Å². The summed E-state index contributed by atoms with van der Waals surface area (Å²) in [4.78, 5) is 26.8. The number of carbonyl (C=O) groups excluding carboxylic acids is 1. The summed E-state index contributed by atoms with van der Waals surface area (Å²) >= 11 is 0. The van der Waals surface area contributed by atoms with Gasteiger partial charge in [0.2, 0.25) is 0 Å². The van der Waals surface area contributed by atoms with Crippen molar-refractivity contribution in [3.63, 3.8) is 0 Å². The van der Waals surface area contributed by atoms with Crippen LogP contribution in [0.3, 0.4) is 0 Å². The van der Waals surface area contributed by atoms with E-state index in [-0.39, 0.29) is 17.5 Å². The van der Waals surface area contributed by atoms with Crippen LogP contribution >= 0.6 is 0 Å². The molecule has 0 aliphatic carbocycles. The van der Waals surface area contributed by atoms with Crippen molar-refractivity contribution in [2.75, 3.05) is 31.6 Å². The van der Waals surface area contributed by atoms with Crippen molar-refractivity contribution in [3.05, 3.63) is 52.4 Å². The van der Waals surface area contributed by atoms with Crippen molar-refractivity contribution >= 4 is 11.7 Å². The van der Waals surface area contributed by atoms with Gasteiger partial charge in [0.05, 0.1) is 0 Å². The average molecular weight is 367 g/mol. The van der Waals surface area contributed by atoms with Crippen molar-refractivity contribution < 1.29 is 14.3 Å². The minimum Gasteiger partial charge on any atom is -0.486 e. The van der Waals surface area contributed by atoms with Crippen LogP contribution in [0.4, 0.5) is 10.5 Å². The summed E-state index contributed by atoms with van der Waals surface area (Å²) in [7, 11) is 0. The molecule has 3 aliphatic rings. The Morgan fingerprint density at radius 1 is 1.04 bits per heavy atom. The Morgan fingerprint density at radius 3 is 2.78 bits per heavy atom. The third-order valence-electron chi connectivity index (χ3n) is 5.56. The van der Waals surface area contributed by atoms with Crippen LogP contribution < -0.4 is 20.3 Å². The van der Waals surface area contributed by atoms with Crippen LogP contribution in [0, 0.1) is 5.92 Å². The van der Waals surface area contributed by atoms with Gasteiger partial charge in [0.25, 0.3) is 5.56 Å². The molecule has 1 aromatic carbocycles. The van der Waals surface area contributed by atoms with Crippen LogP contribution in [-0.2, 0) is 6.54 Å². The first-order chi connectivity index (χ1) is 13.2. The van der Waals surface area contributed by atoms with E-state index < -0.39 is 0 Å². The van der Waals surface area contributed by atoms with Crippen molar-refractivity contribution in [1.29, 1.82) is 0 Å². The zero-order valence-electron chi connectivity index (χ0n) is 14.9. The fourth-order valence-corrected chi connectivity index (χ4v) is 4.39. The molecule has 2 bridgehead atoms. The number of urea groups is 1. The van der Waals surface area contributed by atoms with Gasteiger partial charge in [-0.1, -0.05) is 6.07 Å². The number of ether oxygens (including phenoxy) is 2. The molecule has 5 rings (SSSR count). The van der Waals surface area contributed by atoms with E-state index in [1.807, 2.05) is 33.7 Å². The van der Waals surface area contributed by atoms with Crippen LogP contribution in [0.25, 0.3) is 0 Å². The molecule has 4 heterocycles. The number of aromatic nitrogens is 1. The molecule has 27 heavy (non-hydrogen) atoms. The minimum absolute atomic E-state index is 0.0522. The van der Waals surface area contributed by atoms with Gasteiger partial charge in [-0.3, -0.25) is 4.79 Å². The zero-order valence-corrected chi connectivity index (χ0v) is 14.9. The topological polar surface area (TPSA) is 72.8 Å². The van der Waals surface area contributed by atoms with Crippen molar-refractivity contribution in [3.8, 4) is 11.5 Å². The number of anilines is 1. The molecule has 0 radical (unpaired) electrons. The van der Waals surface area contributed by atoms with Crippen LogP contribution in [0.5, 0.6) is 11.5 Å². The lowest BCUT2D eigenvalue weighted by molar-refractivity contribution is 0.139. The Kier molecular flexibility index (Phi) is 3.81. The van der Waals surface area contributed by atoms with Gasteiger partial charge in [0.1, 0.15) is 13.2 Å². The number of carbonyl (C=O) groups is 1. The van der Waals surface area contributed by atoms with E-state index in [2.05, 4.69) is 5.32 Å². The number of amides is 2. The molecular formula is C20H21N3O4. The molecule has 140 valence electrons. The highest BCUT2D eigenvalue weighted by molar-refractivity contribution is 5.90. The number of fused-ring (bicyclic) bond motifs is 5. The summed E-state index contributed by atoms with van der Waals surface area (Å²) in [6.07, 6.45) is 1.03. The lowest BCUT2D eigenvalue weighted by Gasteiger charge is -2.42. The van der Waals surface area contributed by atoms with Crippen molar-refractivity contribution in [1.82, 2.24) is 9.47 Å². The number of likely N-dealkylation sites (tertiary alicyclic amines) is 1. The highest BCUT2D eigenvalue weighted by atomic mass is 16.6. The third kappa shape index (κ3) is 2.93. The van der Waals surface area contributed by atoms with Gasteiger partial charge >= 0.3 is 6.03 Å². The van der Waals surface area contributed by atoms with Crippen LogP contribution in [0.15, 0.2) is 41.2 Å². The highest BCUT2D eigenvalue weighted by Gasteiger charge is 2.36. The summed E-state index contributed by atoms with van der Waals surface area (Å²) in [5, 5.41) is 2.97. The number of hydrogen-bond donors (Lipinski definition) is 1. The lowest BCUT2D eigenvalue weighted by Crippen LogP contribution is -2.50. The number of benzene rings is 1. The van der Waals surface area contributed by atoms with Gasteiger partial charge in [0.15, 0.2) is 11.5 Å². The quantitative estimate of drug-likeness (QED) is 0.839. The first-order valence-corrected chi connectivity index (χ1v) is 9.33. The van der Waals surface area contributed by atoms with Gasteiger partial charge in [-0.25, -0.2) is 4.79 Å². The number of piperidine rings is 1. The Balaban J connectivity index is 1.33. The van der Waals surface area contributed by atoms with Crippen molar-refractivity contribution in [2.24, 2.45) is 5.92 Å². The smallest absolute Gasteiger partial charge is 0.321 e. The molecule has 1 aromatic heterocycles. The molecule has 1 saturated heterocycles. The van der Waals surface area contributed by atoms with Gasteiger partial charge < -0.3 is 24.3 Å². The summed E-state index contributed by atoms with van der Waals surface area (Å²) in [6.45, 7) is 3.02. The molecule has 7 heteroatoms. The minimum atomic E-state index is -0.117. The monoisotopic (exact) mass is 367 g/mol. The maximum Gasteiger partial charge on any atom is 0.321 e. The molecular weight excluding hydrogens is 346 g/mol. The SMILES string of the molecule is O=C(Nc1ccc2c(c1)OCCO2)N1C[C@@H]2C[C@@H](C1)c1cccc(=O)n1C2. The number of nitrogens with zero attached hydrogens (tertiary/aromatic N) is 2. The van der Waals surface area contributed by atoms with E-state index in [0.29, 0.717) is 56.0 Å². The summed E-state index contributed by atoms with van der Waals surface area (Å²) in [5.74, 6) is 1.87. The van der Waals surface area contributed by atoms with E-state index in [1.165, 1.54) is 0 Å². The van der Waals surface area contributed by atoms with Crippen LogP contribution in [0.1, 0.15) is 18.0 Å². The number of rotatable bonds is 1. The Labute approximate surface area is 156 Å². The number of pyridine rings is 1. The second-order valence-electron chi connectivity index (χ2n) is 7.39. The van der Waals surface area contributed by atoms with E-state index in [9.17, 15) is 9.59 Å². The number of hydrogen-bond acceptors (Lipinski definition) is 4. The van der Waals surface area contributed by atoms with Crippen LogP contribution in [-0.4, -0.2) is 41.8 Å². The van der Waals surface area contributed by atoms with E-state index in [1.54, 1.807) is 12.1 Å². The fraction of sp³-hybridized carbons (Fsp3) is 0.400. The second kappa shape index (κ2) is 6.33. The second-order valence-corrected chi connectivity index (χ2v) is 7.39. The predicted molar refractivity (Wildman–Crippen MR) is 99.6 cm³/mol. The predicted octanol–water partition coefficient (Wildman–Crippen LogP) is 2.27. The molecule has 3 aliphatic heterocycles. The zero-order chi connectivity index (χ0) is 18.4. The normalized spacial score (nSPS) is 22.7. The molecule has 1 N–H and O–H groups in total. The maximum atomic E-state index is 12.8. The van der Waals surface area contributed by atoms with E-state index >= 15 is 0 Å². The summed E-state index contributed by atoms with van der Waals surface area (Å²) in [6, 6.07) is 10.7. The molecule has 7 nitrogen and oxygen atoms in total. The highest BCUT2D eigenvalue weighted by Crippen LogP contribution is 2.36. The maximum absolute atomic E-state index is 12.8. The molecule has 2 aromatic rings. The van der Waals surface area contributed by atoms with Gasteiger partial charge in [-0.05, 0) is 30.5 Å². The fourth-order valence-electron chi connectivity index (χ4n) is 4.39. The van der Waals surface area contributed by atoms with Gasteiger partial charge in [0, 0.05) is 49.1 Å². The third-order valence-corrected chi connectivity index (χ3v) is 5.56. The molecule has 0 spiro atoms. The van der Waals surface area contributed by atoms with Crippen LogP contribution in [0.2, 0.25) is 0 Å². The summed E-state index contributed by atoms with van der Waals surface area (Å²) in [5.41, 5.74) is 1.78. The molecule has 2 amide bonds. The first kappa shape index (κ1) is 16.2. The average Bonchev–Trinajstić information content (AvgIpc) is 2.68. The molecule has 2 atom stereocenters. The van der Waals surface area contributed by atoms with E-state index in [0.717, 1.165) is 12.1 Å². The molecule has 0 saturated carbocycles. The Bertz CT molecular complexity index is 954. The Morgan fingerprint density at radius 2 is 1.89 bits per heavy atom. The molecule has 1 fully saturated rings. The van der Waals surface area contributed by atoms with Gasteiger partial charge in [-0.15, -0.1) is 0 Å². The summed E-state index contributed by atoms with van der Waals surface area (Å²) < 4.78 is 13.0.